The average molecular weight is 499 g/mol. The maximum atomic E-state index is 6.52. The summed E-state index contributed by atoms with van der Waals surface area (Å²) in [5.74, 6) is 0. The molecule has 0 aliphatic heterocycles. The van der Waals surface area contributed by atoms with Gasteiger partial charge in [-0.2, -0.15) is 0 Å². The summed E-state index contributed by atoms with van der Waals surface area (Å²) in [4.78, 5) is 9.28. The van der Waals surface area contributed by atoms with Gasteiger partial charge >= 0.3 is 0 Å². The van der Waals surface area contributed by atoms with Crippen LogP contribution in [0, 0.1) is 0 Å². The Morgan fingerprint density at radius 2 is 0.892 bits per heavy atom. The Morgan fingerprint density at radius 3 is 1.35 bits per heavy atom. The van der Waals surface area contributed by atoms with Crippen LogP contribution < -0.4 is 0 Å². The van der Waals surface area contributed by atoms with Crippen LogP contribution in [0.2, 0.25) is 5.28 Å². The summed E-state index contributed by atoms with van der Waals surface area (Å²) in [6, 6.07) is 32.8. The van der Waals surface area contributed by atoms with Crippen LogP contribution in [-0.4, -0.2) is 9.97 Å². The van der Waals surface area contributed by atoms with Crippen molar-refractivity contribution in [3.05, 3.63) is 119 Å². The topological polar surface area (TPSA) is 25.8 Å². The van der Waals surface area contributed by atoms with Gasteiger partial charge < -0.3 is 0 Å². The predicted molar refractivity (Wildman–Crippen MR) is 153 cm³/mol. The maximum Gasteiger partial charge on any atom is 0.223 e. The first-order valence-corrected chi connectivity index (χ1v) is 13.2. The van der Waals surface area contributed by atoms with Crippen molar-refractivity contribution in [2.45, 2.75) is 38.5 Å². The minimum absolute atomic E-state index is 0.0673. The summed E-state index contributed by atoms with van der Waals surface area (Å²) >= 11 is 6.52. The third-order valence-corrected chi connectivity index (χ3v) is 8.63. The highest BCUT2D eigenvalue weighted by Crippen LogP contribution is 2.51. The highest BCUT2D eigenvalue weighted by molar-refractivity contribution is 6.28. The van der Waals surface area contributed by atoms with Crippen molar-refractivity contribution >= 4 is 11.6 Å². The first-order chi connectivity index (χ1) is 17.7. The Kier molecular flexibility index (Phi) is 4.63. The van der Waals surface area contributed by atoms with Gasteiger partial charge in [0.25, 0.3) is 0 Å². The van der Waals surface area contributed by atoms with Crippen LogP contribution in [0.4, 0.5) is 0 Å². The van der Waals surface area contributed by atoms with E-state index in [1.165, 1.54) is 44.5 Å². The van der Waals surface area contributed by atoms with Gasteiger partial charge in [0.05, 0.1) is 11.4 Å². The summed E-state index contributed by atoms with van der Waals surface area (Å²) in [7, 11) is 0. The molecule has 0 radical (unpaired) electrons. The minimum Gasteiger partial charge on any atom is -0.218 e. The molecule has 0 bridgehead atoms. The van der Waals surface area contributed by atoms with E-state index in [1.807, 2.05) is 0 Å². The van der Waals surface area contributed by atoms with Crippen LogP contribution in [0.1, 0.15) is 49.9 Å². The molecule has 5 aromatic rings. The van der Waals surface area contributed by atoms with E-state index in [0.29, 0.717) is 0 Å². The number of hydrogen-bond donors (Lipinski definition) is 0. The van der Waals surface area contributed by atoms with Crippen molar-refractivity contribution in [3.8, 4) is 44.8 Å². The number of hydrogen-bond acceptors (Lipinski definition) is 2. The number of benzene rings is 4. The molecule has 2 aliphatic rings. The van der Waals surface area contributed by atoms with Gasteiger partial charge in [-0.05, 0) is 74.3 Å². The molecule has 7 rings (SSSR count). The fourth-order valence-corrected chi connectivity index (χ4v) is 6.62. The van der Waals surface area contributed by atoms with Crippen LogP contribution in [0.3, 0.4) is 0 Å². The monoisotopic (exact) mass is 498 g/mol. The van der Waals surface area contributed by atoms with Crippen LogP contribution >= 0.6 is 11.6 Å². The molecule has 0 saturated carbocycles. The first kappa shape index (κ1) is 22.4. The van der Waals surface area contributed by atoms with E-state index < -0.39 is 0 Å². The summed E-state index contributed by atoms with van der Waals surface area (Å²) in [6.07, 6.45) is 0. The average Bonchev–Trinajstić information content (AvgIpc) is 3.28. The van der Waals surface area contributed by atoms with E-state index in [2.05, 4.69) is 129 Å². The van der Waals surface area contributed by atoms with Crippen LogP contribution in [0.15, 0.2) is 91.0 Å². The highest BCUT2D eigenvalue weighted by atomic mass is 35.5. The van der Waals surface area contributed by atoms with Gasteiger partial charge in [0, 0.05) is 22.0 Å². The van der Waals surface area contributed by atoms with Crippen molar-refractivity contribution in [3.63, 3.8) is 0 Å². The number of fused-ring (bicyclic) bond motifs is 6. The lowest BCUT2D eigenvalue weighted by Gasteiger charge is -2.22. The number of halogens is 1. The normalized spacial score (nSPS) is 15.6. The molecule has 180 valence electrons. The molecule has 0 unspecified atom stereocenters. The van der Waals surface area contributed by atoms with E-state index >= 15 is 0 Å². The lowest BCUT2D eigenvalue weighted by molar-refractivity contribution is 0.660. The third kappa shape index (κ3) is 3.19. The second kappa shape index (κ2) is 7.63. The zero-order chi connectivity index (χ0) is 25.5. The van der Waals surface area contributed by atoms with Gasteiger partial charge in [0.2, 0.25) is 5.28 Å². The molecule has 3 heteroatoms. The fraction of sp³-hybridized carbons (Fsp3) is 0.176. The fourth-order valence-electron chi connectivity index (χ4n) is 6.44. The molecule has 0 N–H and O–H groups in total. The molecule has 2 aliphatic carbocycles. The third-order valence-electron chi connectivity index (χ3n) is 8.46. The molecule has 1 heterocycles. The molecule has 0 spiro atoms. The van der Waals surface area contributed by atoms with Gasteiger partial charge in [-0.1, -0.05) is 100 Å². The molecular formula is C34H27ClN2. The van der Waals surface area contributed by atoms with Crippen molar-refractivity contribution in [1.29, 1.82) is 0 Å². The van der Waals surface area contributed by atoms with Crippen molar-refractivity contribution in [1.82, 2.24) is 9.97 Å². The van der Waals surface area contributed by atoms with Gasteiger partial charge in [-0.15, -0.1) is 0 Å². The van der Waals surface area contributed by atoms with Crippen molar-refractivity contribution in [2.75, 3.05) is 0 Å². The molecule has 1 aromatic heterocycles. The summed E-state index contributed by atoms with van der Waals surface area (Å²) < 4.78 is 0. The molecule has 2 nitrogen and oxygen atoms in total. The molecular weight excluding hydrogens is 472 g/mol. The largest absolute Gasteiger partial charge is 0.223 e. The molecule has 37 heavy (non-hydrogen) atoms. The Hall–Kier alpha value is -3.75. The lowest BCUT2D eigenvalue weighted by atomic mass is 9.81. The standard InChI is InChI=1S/C34H27ClN2/c1-33(2)26-11-7-5-9-22(26)24-15-13-20(17-28(24)33)30-19-31(37-32(35)36-30)21-14-16-25-23-10-6-8-12-27(23)34(3,4)29(25)18-21/h5-19H,1-4H3. The van der Waals surface area contributed by atoms with E-state index in [9.17, 15) is 0 Å². The Labute approximate surface area is 223 Å². The van der Waals surface area contributed by atoms with Crippen LogP contribution in [0.5, 0.6) is 0 Å². The predicted octanol–water partition coefficient (Wildman–Crippen LogP) is 9.08. The molecule has 0 saturated heterocycles. The summed E-state index contributed by atoms with van der Waals surface area (Å²) in [5.41, 5.74) is 14.3. The van der Waals surface area contributed by atoms with E-state index in [0.717, 1.165) is 22.5 Å². The van der Waals surface area contributed by atoms with E-state index in [-0.39, 0.29) is 16.1 Å². The molecule has 4 aromatic carbocycles. The SMILES string of the molecule is CC1(C)c2ccccc2-c2ccc(-c3cc(-c4ccc5c(c4)C(C)(C)c4ccccc4-5)nc(Cl)n3)cc21. The van der Waals surface area contributed by atoms with Crippen LogP contribution in [0.25, 0.3) is 44.8 Å². The van der Waals surface area contributed by atoms with Gasteiger partial charge in [-0.25, -0.2) is 9.97 Å². The van der Waals surface area contributed by atoms with Gasteiger partial charge in [0.1, 0.15) is 0 Å². The zero-order valence-electron chi connectivity index (χ0n) is 21.4. The maximum absolute atomic E-state index is 6.52. The number of nitrogens with zero attached hydrogens (tertiary/aromatic N) is 2. The minimum atomic E-state index is -0.0673. The number of rotatable bonds is 2. The molecule has 0 atom stereocenters. The Balaban J connectivity index is 1.33. The van der Waals surface area contributed by atoms with E-state index in [1.54, 1.807) is 0 Å². The van der Waals surface area contributed by atoms with Crippen molar-refractivity contribution in [2.24, 2.45) is 0 Å². The second-order valence-corrected chi connectivity index (χ2v) is 11.6. The molecule has 0 amide bonds. The molecule has 0 fully saturated rings. The highest BCUT2D eigenvalue weighted by Gasteiger charge is 2.36. The van der Waals surface area contributed by atoms with Crippen molar-refractivity contribution < 1.29 is 0 Å². The zero-order valence-corrected chi connectivity index (χ0v) is 22.2. The lowest BCUT2D eigenvalue weighted by Crippen LogP contribution is -2.15. The van der Waals surface area contributed by atoms with Gasteiger partial charge in [0.15, 0.2) is 0 Å². The summed E-state index contributed by atoms with van der Waals surface area (Å²) in [5, 5.41) is 0.263. The smallest absolute Gasteiger partial charge is 0.218 e. The Morgan fingerprint density at radius 1 is 0.486 bits per heavy atom. The quantitative estimate of drug-likeness (QED) is 0.227. The van der Waals surface area contributed by atoms with Gasteiger partial charge in [-0.3, -0.25) is 0 Å². The van der Waals surface area contributed by atoms with Crippen LogP contribution in [-0.2, 0) is 10.8 Å². The van der Waals surface area contributed by atoms with E-state index in [4.69, 9.17) is 11.6 Å². The number of aromatic nitrogens is 2. The Bertz CT molecular complexity index is 1620. The summed E-state index contributed by atoms with van der Waals surface area (Å²) in [6.45, 7) is 9.18. The first-order valence-electron chi connectivity index (χ1n) is 12.8. The second-order valence-electron chi connectivity index (χ2n) is 11.3.